The van der Waals surface area contributed by atoms with Crippen LogP contribution >= 0.6 is 0 Å². The van der Waals surface area contributed by atoms with Crippen molar-refractivity contribution in [3.05, 3.63) is 12.4 Å². The number of hydrogen-bond donors (Lipinski definition) is 1. The second kappa shape index (κ2) is 4.04. The van der Waals surface area contributed by atoms with E-state index in [2.05, 4.69) is 28.7 Å². The summed E-state index contributed by atoms with van der Waals surface area (Å²) >= 11 is 0. The Balaban J connectivity index is 2.13. The highest BCUT2D eigenvalue weighted by molar-refractivity contribution is 5.39. The van der Waals surface area contributed by atoms with Crippen LogP contribution in [0.1, 0.15) is 26.7 Å². The Labute approximate surface area is 90.5 Å². The zero-order chi connectivity index (χ0) is 10.8. The van der Waals surface area contributed by atoms with Gasteiger partial charge in [-0.25, -0.2) is 9.97 Å². The maximum Gasteiger partial charge on any atom is 0.225 e. The molecule has 4 nitrogen and oxygen atoms in total. The number of rotatable bonds is 4. The third-order valence-corrected chi connectivity index (χ3v) is 2.46. The Morgan fingerprint density at radius 2 is 2.00 bits per heavy atom. The Morgan fingerprint density at radius 3 is 2.47 bits per heavy atom. The summed E-state index contributed by atoms with van der Waals surface area (Å²) in [6.07, 6.45) is 5.89. The standard InChI is InChI=1S/C11H18N4/c1-8(2)7-15(10-3-4-10)11-13-5-9(12)6-14-11/h5-6,8,10H,3-4,7,12H2,1-2H3. The van der Waals surface area contributed by atoms with Crippen LogP contribution in [0.4, 0.5) is 11.6 Å². The van der Waals surface area contributed by atoms with E-state index in [1.54, 1.807) is 12.4 Å². The topological polar surface area (TPSA) is 55.0 Å². The molecule has 4 heteroatoms. The zero-order valence-corrected chi connectivity index (χ0v) is 9.35. The quantitative estimate of drug-likeness (QED) is 0.814. The molecule has 1 fully saturated rings. The van der Waals surface area contributed by atoms with Gasteiger partial charge in [0.2, 0.25) is 5.95 Å². The average molecular weight is 206 g/mol. The van der Waals surface area contributed by atoms with Gasteiger partial charge >= 0.3 is 0 Å². The van der Waals surface area contributed by atoms with Crippen LogP contribution in [-0.4, -0.2) is 22.6 Å². The van der Waals surface area contributed by atoms with Crippen LogP contribution in [0.25, 0.3) is 0 Å². The van der Waals surface area contributed by atoms with Gasteiger partial charge in [0, 0.05) is 12.6 Å². The molecule has 0 unspecified atom stereocenters. The van der Waals surface area contributed by atoms with E-state index in [1.165, 1.54) is 12.8 Å². The zero-order valence-electron chi connectivity index (χ0n) is 9.35. The van der Waals surface area contributed by atoms with Gasteiger partial charge in [-0.05, 0) is 18.8 Å². The molecule has 1 aliphatic carbocycles. The normalized spacial score (nSPS) is 15.7. The van der Waals surface area contributed by atoms with E-state index in [0.717, 1.165) is 12.5 Å². The van der Waals surface area contributed by atoms with Crippen LogP contribution in [0.2, 0.25) is 0 Å². The van der Waals surface area contributed by atoms with Gasteiger partial charge in [0.15, 0.2) is 0 Å². The molecule has 1 heterocycles. The number of nitrogen functional groups attached to an aromatic ring is 1. The van der Waals surface area contributed by atoms with Crippen molar-refractivity contribution in [1.29, 1.82) is 0 Å². The molecule has 15 heavy (non-hydrogen) atoms. The first kappa shape index (κ1) is 10.2. The fraction of sp³-hybridized carbons (Fsp3) is 0.636. The lowest BCUT2D eigenvalue weighted by Gasteiger charge is -2.24. The Kier molecular flexibility index (Phi) is 2.75. The minimum atomic E-state index is 0.624. The van der Waals surface area contributed by atoms with Gasteiger partial charge < -0.3 is 10.6 Å². The summed E-state index contributed by atoms with van der Waals surface area (Å²) < 4.78 is 0. The van der Waals surface area contributed by atoms with Gasteiger partial charge in [0.25, 0.3) is 0 Å². The smallest absolute Gasteiger partial charge is 0.225 e. The SMILES string of the molecule is CC(C)CN(c1ncc(N)cn1)C1CC1. The van der Waals surface area contributed by atoms with E-state index >= 15 is 0 Å². The molecule has 1 saturated carbocycles. The third-order valence-electron chi connectivity index (χ3n) is 2.46. The monoisotopic (exact) mass is 206 g/mol. The van der Waals surface area contributed by atoms with Crippen LogP contribution in [0, 0.1) is 5.92 Å². The molecular formula is C11H18N4. The minimum absolute atomic E-state index is 0.624. The predicted molar refractivity (Wildman–Crippen MR) is 61.7 cm³/mol. The Morgan fingerprint density at radius 1 is 1.40 bits per heavy atom. The van der Waals surface area contributed by atoms with Crippen LogP contribution < -0.4 is 10.6 Å². The second-order valence-electron chi connectivity index (χ2n) is 4.59. The van der Waals surface area contributed by atoms with Crippen molar-refractivity contribution in [2.75, 3.05) is 17.2 Å². The fourth-order valence-corrected chi connectivity index (χ4v) is 1.65. The first-order chi connectivity index (χ1) is 7.16. The van der Waals surface area contributed by atoms with Gasteiger partial charge in [-0.15, -0.1) is 0 Å². The number of nitrogens with zero attached hydrogens (tertiary/aromatic N) is 3. The highest BCUT2D eigenvalue weighted by Gasteiger charge is 2.30. The highest BCUT2D eigenvalue weighted by Crippen LogP contribution is 2.30. The molecule has 0 aromatic carbocycles. The lowest BCUT2D eigenvalue weighted by Crippen LogP contribution is -2.31. The van der Waals surface area contributed by atoms with Gasteiger partial charge in [0.1, 0.15) is 0 Å². The number of anilines is 2. The largest absolute Gasteiger partial charge is 0.396 e. The van der Waals surface area contributed by atoms with Crippen molar-refractivity contribution >= 4 is 11.6 Å². The molecule has 0 aliphatic heterocycles. The Bertz CT molecular complexity index is 316. The van der Waals surface area contributed by atoms with Crippen molar-refractivity contribution in [3.8, 4) is 0 Å². The van der Waals surface area contributed by atoms with Crippen LogP contribution in [0.15, 0.2) is 12.4 Å². The van der Waals surface area contributed by atoms with Crippen LogP contribution in [0.5, 0.6) is 0 Å². The summed E-state index contributed by atoms with van der Waals surface area (Å²) in [5.74, 6) is 1.45. The molecule has 1 aromatic rings. The summed E-state index contributed by atoms with van der Waals surface area (Å²) in [5.41, 5.74) is 6.20. The molecule has 2 rings (SSSR count). The molecular weight excluding hydrogens is 188 g/mol. The number of nitrogens with two attached hydrogens (primary N) is 1. The maximum atomic E-state index is 5.58. The molecule has 0 radical (unpaired) electrons. The van der Waals surface area contributed by atoms with Gasteiger partial charge in [-0.2, -0.15) is 0 Å². The van der Waals surface area contributed by atoms with E-state index in [0.29, 0.717) is 17.6 Å². The van der Waals surface area contributed by atoms with Crippen molar-refractivity contribution in [1.82, 2.24) is 9.97 Å². The second-order valence-corrected chi connectivity index (χ2v) is 4.59. The number of aromatic nitrogens is 2. The molecule has 0 amide bonds. The number of hydrogen-bond acceptors (Lipinski definition) is 4. The van der Waals surface area contributed by atoms with Gasteiger partial charge in [-0.1, -0.05) is 13.8 Å². The molecule has 1 aliphatic rings. The summed E-state index contributed by atoms with van der Waals surface area (Å²) in [4.78, 5) is 10.9. The summed E-state index contributed by atoms with van der Waals surface area (Å²) in [5, 5.41) is 0. The summed E-state index contributed by atoms with van der Waals surface area (Å²) in [7, 11) is 0. The van der Waals surface area contributed by atoms with E-state index in [9.17, 15) is 0 Å². The van der Waals surface area contributed by atoms with Crippen molar-refractivity contribution < 1.29 is 0 Å². The predicted octanol–water partition coefficient (Wildman–Crippen LogP) is 1.68. The van der Waals surface area contributed by atoms with E-state index in [1.807, 2.05) is 0 Å². The lowest BCUT2D eigenvalue weighted by atomic mass is 10.2. The molecule has 0 atom stereocenters. The van der Waals surface area contributed by atoms with Gasteiger partial charge in [0.05, 0.1) is 18.1 Å². The molecule has 82 valence electrons. The Hall–Kier alpha value is -1.32. The van der Waals surface area contributed by atoms with Crippen molar-refractivity contribution in [3.63, 3.8) is 0 Å². The molecule has 1 aromatic heterocycles. The first-order valence-corrected chi connectivity index (χ1v) is 5.51. The third kappa shape index (κ3) is 2.58. The van der Waals surface area contributed by atoms with Gasteiger partial charge in [-0.3, -0.25) is 0 Å². The minimum Gasteiger partial charge on any atom is -0.396 e. The highest BCUT2D eigenvalue weighted by atomic mass is 15.3. The van der Waals surface area contributed by atoms with E-state index in [-0.39, 0.29) is 0 Å². The fourth-order valence-electron chi connectivity index (χ4n) is 1.65. The van der Waals surface area contributed by atoms with Crippen molar-refractivity contribution in [2.24, 2.45) is 5.92 Å². The van der Waals surface area contributed by atoms with E-state index in [4.69, 9.17) is 5.73 Å². The van der Waals surface area contributed by atoms with Crippen LogP contribution in [-0.2, 0) is 0 Å². The molecule has 2 N–H and O–H groups in total. The average Bonchev–Trinajstić information content (AvgIpc) is 2.99. The molecule has 0 bridgehead atoms. The van der Waals surface area contributed by atoms with E-state index < -0.39 is 0 Å². The van der Waals surface area contributed by atoms with Crippen LogP contribution in [0.3, 0.4) is 0 Å². The molecule has 0 saturated heterocycles. The summed E-state index contributed by atoms with van der Waals surface area (Å²) in [6, 6.07) is 0.649. The van der Waals surface area contributed by atoms with Crippen molar-refractivity contribution in [2.45, 2.75) is 32.7 Å². The maximum absolute atomic E-state index is 5.58. The lowest BCUT2D eigenvalue weighted by molar-refractivity contribution is 0.597. The first-order valence-electron chi connectivity index (χ1n) is 5.51. The molecule has 0 spiro atoms. The summed E-state index contributed by atoms with van der Waals surface area (Å²) in [6.45, 7) is 5.45.